The van der Waals surface area contributed by atoms with Crippen LogP contribution >= 0.6 is 15.9 Å². The first kappa shape index (κ1) is 16.9. The minimum atomic E-state index is 0.0133. The van der Waals surface area contributed by atoms with Gasteiger partial charge in [0.25, 0.3) is 0 Å². The molecule has 2 aromatic rings. The maximum Gasteiger partial charge on any atom is 0.237 e. The summed E-state index contributed by atoms with van der Waals surface area (Å²) in [5, 5.41) is 15.4. The van der Waals surface area contributed by atoms with Crippen LogP contribution in [0.3, 0.4) is 0 Å². The van der Waals surface area contributed by atoms with Crippen LogP contribution in [0.4, 0.5) is 5.82 Å². The van der Waals surface area contributed by atoms with E-state index in [0.29, 0.717) is 30.8 Å². The van der Waals surface area contributed by atoms with Crippen molar-refractivity contribution in [3.05, 3.63) is 27.9 Å². The third-order valence-corrected chi connectivity index (χ3v) is 4.49. The second-order valence-electron chi connectivity index (χ2n) is 7.22. The summed E-state index contributed by atoms with van der Waals surface area (Å²) in [5.41, 5.74) is 7.78. The van der Waals surface area contributed by atoms with E-state index in [2.05, 4.69) is 64.0 Å². The summed E-state index contributed by atoms with van der Waals surface area (Å²) in [7, 11) is 0. The molecule has 0 unspecified atom stereocenters. The Morgan fingerprint density at radius 2 is 1.38 bits per heavy atom. The van der Waals surface area contributed by atoms with Gasteiger partial charge in [-0.05, 0) is 28.1 Å². The minimum Gasteiger partial charge on any atom is -0.475 e. The highest BCUT2D eigenvalue weighted by atomic mass is 79.9. The van der Waals surface area contributed by atoms with Crippen molar-refractivity contribution in [3.63, 3.8) is 0 Å². The van der Waals surface area contributed by atoms with Gasteiger partial charge in [0.1, 0.15) is 10.4 Å². The Hall–Kier alpha value is -1.96. The standard InChI is InChI=1S/C8H9BrN2O.C8H11N3O/c2*1-8(2)4-12-7-5(8)3-6(9)10-11-7/h3H,4H2,1-2H3;3H,4H2,1-2H3,(H2,9,10). The van der Waals surface area contributed by atoms with E-state index in [4.69, 9.17) is 15.2 Å². The van der Waals surface area contributed by atoms with Crippen molar-refractivity contribution >= 4 is 21.7 Å². The third kappa shape index (κ3) is 3.15. The first-order chi connectivity index (χ1) is 11.2. The van der Waals surface area contributed by atoms with E-state index >= 15 is 0 Å². The van der Waals surface area contributed by atoms with E-state index in [1.165, 1.54) is 0 Å². The number of fused-ring (bicyclic) bond motifs is 2. The number of hydrogen-bond acceptors (Lipinski definition) is 7. The SMILES string of the molecule is CC1(C)COc2nnc(Br)cc21.CC1(C)COc2nnc(N)cc21. The predicted molar refractivity (Wildman–Crippen MR) is 93.2 cm³/mol. The Kier molecular flexibility index (Phi) is 4.11. The van der Waals surface area contributed by atoms with Crippen molar-refractivity contribution in [3.8, 4) is 11.8 Å². The largest absolute Gasteiger partial charge is 0.475 e. The molecule has 4 heterocycles. The van der Waals surface area contributed by atoms with Crippen LogP contribution in [0.25, 0.3) is 0 Å². The van der Waals surface area contributed by atoms with E-state index in [0.717, 1.165) is 15.7 Å². The van der Waals surface area contributed by atoms with Crippen LogP contribution in [0, 0.1) is 0 Å². The second kappa shape index (κ2) is 5.84. The molecule has 0 radical (unpaired) electrons. The van der Waals surface area contributed by atoms with Gasteiger partial charge in [0.15, 0.2) is 0 Å². The molecule has 0 spiro atoms. The molecular formula is C16H20BrN5O2. The van der Waals surface area contributed by atoms with Gasteiger partial charge in [0.2, 0.25) is 11.8 Å². The number of halogens is 1. The average molecular weight is 394 g/mol. The quantitative estimate of drug-likeness (QED) is 0.734. The Labute approximate surface area is 149 Å². The summed E-state index contributed by atoms with van der Waals surface area (Å²) in [5.74, 6) is 1.74. The summed E-state index contributed by atoms with van der Waals surface area (Å²) in [6, 6.07) is 3.80. The summed E-state index contributed by atoms with van der Waals surface area (Å²) < 4.78 is 11.5. The van der Waals surface area contributed by atoms with Crippen LogP contribution < -0.4 is 15.2 Å². The molecule has 24 heavy (non-hydrogen) atoms. The zero-order chi connectivity index (χ0) is 17.5. The minimum absolute atomic E-state index is 0.0133. The molecule has 0 saturated carbocycles. The fourth-order valence-electron chi connectivity index (χ4n) is 2.59. The molecule has 2 aromatic heterocycles. The van der Waals surface area contributed by atoms with Crippen LogP contribution in [0.15, 0.2) is 16.7 Å². The molecule has 0 saturated heterocycles. The van der Waals surface area contributed by atoms with E-state index in [9.17, 15) is 0 Å². The lowest BCUT2D eigenvalue weighted by Crippen LogP contribution is -2.18. The van der Waals surface area contributed by atoms with Gasteiger partial charge in [-0.3, -0.25) is 0 Å². The monoisotopic (exact) mass is 393 g/mol. The van der Waals surface area contributed by atoms with Crippen molar-refractivity contribution in [1.29, 1.82) is 0 Å². The number of ether oxygens (including phenoxy) is 2. The Morgan fingerprint density at radius 1 is 0.875 bits per heavy atom. The van der Waals surface area contributed by atoms with Crippen LogP contribution in [0.1, 0.15) is 38.8 Å². The third-order valence-electron chi connectivity index (χ3n) is 4.11. The van der Waals surface area contributed by atoms with Crippen molar-refractivity contribution < 1.29 is 9.47 Å². The first-order valence-corrected chi connectivity index (χ1v) is 8.41. The lowest BCUT2D eigenvalue weighted by molar-refractivity contribution is 0.282. The lowest BCUT2D eigenvalue weighted by atomic mass is 9.88. The summed E-state index contributed by atoms with van der Waals surface area (Å²) >= 11 is 3.29. The average Bonchev–Trinajstić information content (AvgIpc) is 2.97. The molecule has 0 fully saturated rings. The number of nitrogen functional groups attached to an aromatic ring is 1. The fourth-order valence-corrected chi connectivity index (χ4v) is 2.90. The molecule has 2 aliphatic rings. The van der Waals surface area contributed by atoms with Crippen LogP contribution in [0.5, 0.6) is 11.8 Å². The summed E-state index contributed by atoms with van der Waals surface area (Å²) in [6.07, 6.45) is 0. The first-order valence-electron chi connectivity index (χ1n) is 7.62. The number of aromatic nitrogens is 4. The van der Waals surface area contributed by atoms with Gasteiger partial charge >= 0.3 is 0 Å². The Morgan fingerprint density at radius 3 is 1.96 bits per heavy atom. The van der Waals surface area contributed by atoms with Gasteiger partial charge in [-0.25, -0.2) is 0 Å². The molecule has 2 aliphatic heterocycles. The highest BCUT2D eigenvalue weighted by molar-refractivity contribution is 9.10. The van der Waals surface area contributed by atoms with Gasteiger partial charge in [-0.1, -0.05) is 27.7 Å². The van der Waals surface area contributed by atoms with Gasteiger partial charge in [0, 0.05) is 22.0 Å². The van der Waals surface area contributed by atoms with Gasteiger partial charge in [-0.2, -0.15) is 0 Å². The molecular weight excluding hydrogens is 374 g/mol. The summed E-state index contributed by atoms with van der Waals surface area (Å²) in [6.45, 7) is 9.80. The topological polar surface area (TPSA) is 96.0 Å². The fraction of sp³-hybridized carbons (Fsp3) is 0.500. The van der Waals surface area contributed by atoms with E-state index in [-0.39, 0.29) is 10.8 Å². The molecule has 2 N–H and O–H groups in total. The highest BCUT2D eigenvalue weighted by Crippen LogP contribution is 2.37. The van der Waals surface area contributed by atoms with E-state index in [1.807, 2.05) is 12.1 Å². The van der Waals surface area contributed by atoms with Crippen molar-refractivity contribution in [2.45, 2.75) is 38.5 Å². The maximum atomic E-state index is 5.52. The second-order valence-corrected chi connectivity index (χ2v) is 8.03. The van der Waals surface area contributed by atoms with Gasteiger partial charge in [0.05, 0.1) is 13.2 Å². The van der Waals surface area contributed by atoms with E-state index < -0.39 is 0 Å². The van der Waals surface area contributed by atoms with Gasteiger partial charge in [-0.15, -0.1) is 20.4 Å². The zero-order valence-corrected chi connectivity index (χ0v) is 15.7. The van der Waals surface area contributed by atoms with E-state index in [1.54, 1.807) is 0 Å². The number of rotatable bonds is 0. The molecule has 0 atom stereocenters. The highest BCUT2D eigenvalue weighted by Gasteiger charge is 2.34. The number of hydrogen-bond donors (Lipinski definition) is 1. The van der Waals surface area contributed by atoms with Gasteiger partial charge < -0.3 is 15.2 Å². The molecule has 0 bridgehead atoms. The molecule has 4 rings (SSSR count). The number of anilines is 1. The molecule has 0 amide bonds. The zero-order valence-electron chi connectivity index (χ0n) is 14.1. The predicted octanol–water partition coefficient (Wildman–Crippen LogP) is 2.64. The maximum absolute atomic E-state index is 5.52. The van der Waals surface area contributed by atoms with Crippen LogP contribution in [0.2, 0.25) is 0 Å². The number of nitrogens with two attached hydrogens (primary N) is 1. The van der Waals surface area contributed by atoms with Crippen molar-refractivity contribution in [1.82, 2.24) is 20.4 Å². The van der Waals surface area contributed by atoms with Crippen molar-refractivity contribution in [2.75, 3.05) is 18.9 Å². The summed E-state index contributed by atoms with van der Waals surface area (Å²) in [4.78, 5) is 0. The molecule has 0 aliphatic carbocycles. The Balaban J connectivity index is 0.000000141. The van der Waals surface area contributed by atoms with Crippen LogP contribution in [-0.4, -0.2) is 33.6 Å². The lowest BCUT2D eigenvalue weighted by Gasteiger charge is -2.13. The Bertz CT molecular complexity index is 714. The normalized spacial score (nSPS) is 18.5. The van der Waals surface area contributed by atoms with Crippen LogP contribution in [-0.2, 0) is 10.8 Å². The molecule has 7 nitrogen and oxygen atoms in total. The molecule has 128 valence electrons. The van der Waals surface area contributed by atoms with Crippen molar-refractivity contribution in [2.24, 2.45) is 0 Å². The molecule has 8 heteroatoms. The smallest absolute Gasteiger partial charge is 0.237 e. The molecule has 0 aromatic carbocycles. The number of nitrogens with zero attached hydrogens (tertiary/aromatic N) is 4.